The Morgan fingerprint density at radius 1 is 1.00 bits per heavy atom. The van der Waals surface area contributed by atoms with E-state index in [-0.39, 0.29) is 5.54 Å². The van der Waals surface area contributed by atoms with E-state index in [4.69, 9.17) is 0 Å². The molecule has 0 fully saturated rings. The fraction of sp³-hybridized carbons (Fsp3) is 1.00. The smallest absolute Gasteiger partial charge is 0.00966 e. The molecule has 1 atom stereocenters. The highest BCUT2D eigenvalue weighted by atomic mass is 14.9. The standard InChI is InChI=1S/C12H27N/c1-10(2)7-8-11(3)9-13-12(4,5)6/h10-11,13H,7-9H2,1-6H3. The molecule has 1 N–H and O–H groups in total. The highest BCUT2D eigenvalue weighted by Crippen LogP contribution is 2.11. The molecule has 0 aliphatic rings. The first-order valence-corrected chi connectivity index (χ1v) is 5.56. The Bertz CT molecular complexity index is 122. The molecule has 0 saturated carbocycles. The molecule has 0 aliphatic carbocycles. The summed E-state index contributed by atoms with van der Waals surface area (Å²) in [6, 6.07) is 0. The lowest BCUT2D eigenvalue weighted by Crippen LogP contribution is -2.38. The van der Waals surface area contributed by atoms with Gasteiger partial charge in [-0.25, -0.2) is 0 Å². The van der Waals surface area contributed by atoms with Gasteiger partial charge < -0.3 is 5.32 Å². The van der Waals surface area contributed by atoms with Crippen LogP contribution in [0.1, 0.15) is 54.4 Å². The maximum absolute atomic E-state index is 3.55. The van der Waals surface area contributed by atoms with Crippen LogP contribution >= 0.6 is 0 Å². The monoisotopic (exact) mass is 185 g/mol. The van der Waals surface area contributed by atoms with Crippen LogP contribution in [-0.2, 0) is 0 Å². The van der Waals surface area contributed by atoms with E-state index in [9.17, 15) is 0 Å². The zero-order chi connectivity index (χ0) is 10.5. The minimum atomic E-state index is 0.270. The average Bonchev–Trinajstić information content (AvgIpc) is 1.95. The minimum Gasteiger partial charge on any atom is -0.312 e. The van der Waals surface area contributed by atoms with Crippen LogP contribution in [0, 0.1) is 11.8 Å². The van der Waals surface area contributed by atoms with Gasteiger partial charge in [-0.05, 0) is 45.6 Å². The van der Waals surface area contributed by atoms with E-state index in [1.807, 2.05) is 0 Å². The van der Waals surface area contributed by atoms with Crippen LogP contribution in [0.4, 0.5) is 0 Å². The Balaban J connectivity index is 3.46. The summed E-state index contributed by atoms with van der Waals surface area (Å²) in [6.45, 7) is 14.7. The van der Waals surface area contributed by atoms with Crippen molar-refractivity contribution >= 4 is 0 Å². The molecule has 0 saturated heterocycles. The lowest BCUT2D eigenvalue weighted by atomic mass is 9.98. The van der Waals surface area contributed by atoms with Gasteiger partial charge >= 0.3 is 0 Å². The molecule has 0 spiro atoms. The molecule has 0 aromatic carbocycles. The van der Waals surface area contributed by atoms with Gasteiger partial charge in [-0.3, -0.25) is 0 Å². The second-order valence-electron chi connectivity index (χ2n) is 5.71. The van der Waals surface area contributed by atoms with Crippen LogP contribution < -0.4 is 5.32 Å². The van der Waals surface area contributed by atoms with Crippen LogP contribution in [0.3, 0.4) is 0 Å². The lowest BCUT2D eigenvalue weighted by molar-refractivity contribution is 0.357. The van der Waals surface area contributed by atoms with Crippen molar-refractivity contribution in [1.82, 2.24) is 5.32 Å². The van der Waals surface area contributed by atoms with Gasteiger partial charge in [0.1, 0.15) is 0 Å². The first-order chi connectivity index (χ1) is 5.81. The third kappa shape index (κ3) is 9.88. The normalized spacial score (nSPS) is 15.0. The van der Waals surface area contributed by atoms with Crippen molar-refractivity contribution in [3.63, 3.8) is 0 Å². The first kappa shape index (κ1) is 13.0. The topological polar surface area (TPSA) is 12.0 Å². The molecule has 80 valence electrons. The Hall–Kier alpha value is -0.0400. The molecule has 0 aromatic heterocycles. The maximum Gasteiger partial charge on any atom is 0.00966 e. The Morgan fingerprint density at radius 2 is 1.54 bits per heavy atom. The molecule has 0 rings (SSSR count). The van der Waals surface area contributed by atoms with Gasteiger partial charge in [-0.2, -0.15) is 0 Å². The predicted molar refractivity (Wildman–Crippen MR) is 61.0 cm³/mol. The van der Waals surface area contributed by atoms with E-state index in [1.54, 1.807) is 0 Å². The Kier molecular flexibility index (Phi) is 5.62. The second kappa shape index (κ2) is 5.64. The summed E-state index contributed by atoms with van der Waals surface area (Å²) < 4.78 is 0. The maximum atomic E-state index is 3.55. The molecule has 1 nitrogen and oxygen atoms in total. The molecule has 0 bridgehead atoms. The van der Waals surface area contributed by atoms with Gasteiger partial charge in [0.25, 0.3) is 0 Å². The van der Waals surface area contributed by atoms with Gasteiger partial charge in [0.15, 0.2) is 0 Å². The van der Waals surface area contributed by atoms with Gasteiger partial charge in [0, 0.05) is 5.54 Å². The molecular weight excluding hydrogens is 158 g/mol. The van der Waals surface area contributed by atoms with Crippen LogP contribution in [0.25, 0.3) is 0 Å². The van der Waals surface area contributed by atoms with Gasteiger partial charge in [0.05, 0.1) is 0 Å². The molecular formula is C12H27N. The molecule has 1 heteroatoms. The van der Waals surface area contributed by atoms with Crippen molar-refractivity contribution in [2.75, 3.05) is 6.54 Å². The van der Waals surface area contributed by atoms with Crippen molar-refractivity contribution in [2.24, 2.45) is 11.8 Å². The van der Waals surface area contributed by atoms with Crippen molar-refractivity contribution in [3.8, 4) is 0 Å². The third-order valence-electron chi connectivity index (χ3n) is 2.22. The Labute approximate surface area is 84.3 Å². The van der Waals surface area contributed by atoms with E-state index in [1.165, 1.54) is 12.8 Å². The summed E-state index contributed by atoms with van der Waals surface area (Å²) in [4.78, 5) is 0. The largest absolute Gasteiger partial charge is 0.312 e. The van der Waals surface area contributed by atoms with Crippen molar-refractivity contribution in [3.05, 3.63) is 0 Å². The summed E-state index contributed by atoms with van der Waals surface area (Å²) in [5.41, 5.74) is 0.270. The Morgan fingerprint density at radius 3 is 1.92 bits per heavy atom. The molecule has 0 amide bonds. The summed E-state index contributed by atoms with van der Waals surface area (Å²) in [5, 5.41) is 3.55. The van der Waals surface area contributed by atoms with Crippen LogP contribution in [0.5, 0.6) is 0 Å². The van der Waals surface area contributed by atoms with Crippen molar-refractivity contribution < 1.29 is 0 Å². The SMILES string of the molecule is CC(C)CCC(C)CNC(C)(C)C. The fourth-order valence-electron chi connectivity index (χ4n) is 1.20. The van der Waals surface area contributed by atoms with E-state index in [0.717, 1.165) is 18.4 Å². The average molecular weight is 185 g/mol. The van der Waals surface area contributed by atoms with Crippen LogP contribution in [-0.4, -0.2) is 12.1 Å². The second-order valence-corrected chi connectivity index (χ2v) is 5.71. The number of rotatable bonds is 5. The molecule has 13 heavy (non-hydrogen) atoms. The van der Waals surface area contributed by atoms with Crippen LogP contribution in [0.2, 0.25) is 0 Å². The fourth-order valence-corrected chi connectivity index (χ4v) is 1.20. The first-order valence-electron chi connectivity index (χ1n) is 5.56. The van der Waals surface area contributed by atoms with E-state index in [0.29, 0.717) is 0 Å². The van der Waals surface area contributed by atoms with Gasteiger partial charge in [-0.1, -0.05) is 27.2 Å². The van der Waals surface area contributed by atoms with E-state index >= 15 is 0 Å². The lowest BCUT2D eigenvalue weighted by Gasteiger charge is -2.23. The van der Waals surface area contributed by atoms with Crippen molar-refractivity contribution in [1.29, 1.82) is 0 Å². The molecule has 0 heterocycles. The van der Waals surface area contributed by atoms with Gasteiger partial charge in [0.2, 0.25) is 0 Å². The van der Waals surface area contributed by atoms with Crippen LogP contribution in [0.15, 0.2) is 0 Å². The molecule has 0 radical (unpaired) electrons. The third-order valence-corrected chi connectivity index (χ3v) is 2.22. The highest BCUT2D eigenvalue weighted by molar-refractivity contribution is 4.71. The molecule has 0 aliphatic heterocycles. The molecule has 0 aromatic rings. The minimum absolute atomic E-state index is 0.270. The zero-order valence-electron chi connectivity index (χ0n) is 10.3. The number of nitrogens with one attached hydrogen (secondary N) is 1. The zero-order valence-corrected chi connectivity index (χ0v) is 10.3. The number of hydrogen-bond donors (Lipinski definition) is 1. The quantitative estimate of drug-likeness (QED) is 0.692. The van der Waals surface area contributed by atoms with E-state index < -0.39 is 0 Å². The summed E-state index contributed by atoms with van der Waals surface area (Å²) in [7, 11) is 0. The predicted octanol–water partition coefficient (Wildman–Crippen LogP) is 3.45. The highest BCUT2D eigenvalue weighted by Gasteiger charge is 2.10. The van der Waals surface area contributed by atoms with Gasteiger partial charge in [-0.15, -0.1) is 0 Å². The summed E-state index contributed by atoms with van der Waals surface area (Å²) >= 11 is 0. The summed E-state index contributed by atoms with van der Waals surface area (Å²) in [6.07, 6.45) is 2.70. The van der Waals surface area contributed by atoms with Crippen molar-refractivity contribution in [2.45, 2.75) is 59.9 Å². The number of hydrogen-bond acceptors (Lipinski definition) is 1. The molecule has 1 unspecified atom stereocenters. The summed E-state index contributed by atoms with van der Waals surface area (Å²) in [5.74, 6) is 1.65. The van der Waals surface area contributed by atoms with E-state index in [2.05, 4.69) is 46.9 Å².